The Bertz CT molecular complexity index is 1460. The molecule has 1 aliphatic heterocycles. The number of halogens is 1. The monoisotopic (exact) mass is 486 g/mol. The predicted octanol–water partition coefficient (Wildman–Crippen LogP) is 4.27. The molecule has 182 valence electrons. The Kier molecular flexibility index (Phi) is 6.20. The standard InChI is InChI=1S/C27H23FN4O4/c28-20-11-9-19(10-12-20)17-31-18-22(21-5-1-2-6-23(21)31)26(33)27(34)30-15-13-29(14-16-30)24-7-3-4-8-25(24)32(35)36/h1-12,18H,13-17H2. The van der Waals surface area contributed by atoms with Crippen molar-refractivity contribution in [2.24, 2.45) is 0 Å². The number of hydrogen-bond acceptors (Lipinski definition) is 5. The average molecular weight is 487 g/mol. The Morgan fingerprint density at radius 1 is 0.889 bits per heavy atom. The Morgan fingerprint density at radius 3 is 2.28 bits per heavy atom. The number of carbonyl (C=O) groups excluding carboxylic acids is 2. The minimum absolute atomic E-state index is 0.0160. The first-order chi connectivity index (χ1) is 17.4. The van der Waals surface area contributed by atoms with E-state index in [-0.39, 0.29) is 24.6 Å². The maximum absolute atomic E-state index is 13.3. The largest absolute Gasteiger partial charge is 0.362 e. The summed E-state index contributed by atoms with van der Waals surface area (Å²) in [7, 11) is 0. The summed E-state index contributed by atoms with van der Waals surface area (Å²) in [5.74, 6) is -1.51. The molecule has 3 aromatic carbocycles. The van der Waals surface area contributed by atoms with Gasteiger partial charge in [0.2, 0.25) is 0 Å². The molecule has 1 saturated heterocycles. The van der Waals surface area contributed by atoms with Crippen LogP contribution in [0.25, 0.3) is 10.9 Å². The van der Waals surface area contributed by atoms with Crippen LogP contribution in [-0.2, 0) is 11.3 Å². The van der Waals surface area contributed by atoms with Crippen LogP contribution >= 0.6 is 0 Å². The summed E-state index contributed by atoms with van der Waals surface area (Å²) in [4.78, 5) is 40.8. The van der Waals surface area contributed by atoms with Crippen LogP contribution in [0.1, 0.15) is 15.9 Å². The molecule has 36 heavy (non-hydrogen) atoms. The molecule has 0 bridgehead atoms. The molecule has 2 heterocycles. The molecule has 1 amide bonds. The number of nitro benzene ring substituents is 1. The third kappa shape index (κ3) is 4.43. The van der Waals surface area contributed by atoms with Gasteiger partial charge in [0.1, 0.15) is 11.5 Å². The molecule has 8 nitrogen and oxygen atoms in total. The zero-order valence-electron chi connectivity index (χ0n) is 19.3. The zero-order chi connectivity index (χ0) is 25.2. The predicted molar refractivity (Wildman–Crippen MR) is 134 cm³/mol. The number of hydrogen-bond donors (Lipinski definition) is 0. The molecular formula is C27H23FN4O4. The van der Waals surface area contributed by atoms with Gasteiger partial charge in [-0.1, -0.05) is 42.5 Å². The van der Waals surface area contributed by atoms with Crippen LogP contribution in [0.2, 0.25) is 0 Å². The minimum atomic E-state index is -0.595. The van der Waals surface area contributed by atoms with Gasteiger partial charge in [-0.25, -0.2) is 4.39 Å². The number of fused-ring (bicyclic) bond motifs is 1. The van der Waals surface area contributed by atoms with E-state index in [0.717, 1.165) is 11.1 Å². The SMILES string of the molecule is O=C(C(=O)N1CCN(c2ccccc2[N+](=O)[O-])CC1)c1cn(Cc2ccc(F)cc2)c2ccccc12. The smallest absolute Gasteiger partial charge is 0.295 e. The molecule has 0 spiro atoms. The quantitative estimate of drug-likeness (QED) is 0.176. The maximum atomic E-state index is 13.3. The van der Waals surface area contributed by atoms with Gasteiger partial charge in [0.05, 0.1) is 10.5 Å². The van der Waals surface area contributed by atoms with E-state index in [9.17, 15) is 24.1 Å². The third-order valence-electron chi connectivity index (χ3n) is 6.48. The van der Waals surface area contributed by atoms with Crippen LogP contribution in [0.4, 0.5) is 15.8 Å². The van der Waals surface area contributed by atoms with Crippen molar-refractivity contribution in [3.63, 3.8) is 0 Å². The fourth-order valence-electron chi connectivity index (χ4n) is 4.64. The van der Waals surface area contributed by atoms with Gasteiger partial charge in [-0.15, -0.1) is 0 Å². The number of ketones is 1. The molecular weight excluding hydrogens is 463 g/mol. The van der Waals surface area contributed by atoms with Gasteiger partial charge < -0.3 is 14.4 Å². The van der Waals surface area contributed by atoms with Crippen molar-refractivity contribution in [2.75, 3.05) is 31.1 Å². The van der Waals surface area contributed by atoms with Gasteiger partial charge in [0.15, 0.2) is 0 Å². The summed E-state index contributed by atoms with van der Waals surface area (Å²) in [6.07, 6.45) is 1.68. The first-order valence-corrected chi connectivity index (χ1v) is 11.6. The molecule has 0 radical (unpaired) electrons. The second-order valence-corrected chi connectivity index (χ2v) is 8.67. The molecule has 9 heteroatoms. The van der Waals surface area contributed by atoms with Crippen molar-refractivity contribution in [3.8, 4) is 0 Å². The van der Waals surface area contributed by atoms with Crippen LogP contribution < -0.4 is 4.90 Å². The number of Topliss-reactive ketones (excluding diaryl/α,β-unsaturated/α-hetero) is 1. The van der Waals surface area contributed by atoms with Crippen molar-refractivity contribution in [2.45, 2.75) is 6.54 Å². The highest BCUT2D eigenvalue weighted by atomic mass is 19.1. The van der Waals surface area contributed by atoms with Crippen LogP contribution in [0.15, 0.2) is 79.0 Å². The number of aromatic nitrogens is 1. The fraction of sp³-hybridized carbons (Fsp3) is 0.185. The lowest BCUT2D eigenvalue weighted by molar-refractivity contribution is -0.384. The summed E-state index contributed by atoms with van der Waals surface area (Å²) in [6.45, 7) is 1.76. The molecule has 1 fully saturated rings. The van der Waals surface area contributed by atoms with Gasteiger partial charge in [0, 0.05) is 55.9 Å². The van der Waals surface area contributed by atoms with E-state index in [0.29, 0.717) is 36.3 Å². The molecule has 0 unspecified atom stereocenters. The summed E-state index contributed by atoms with van der Waals surface area (Å²) < 4.78 is 15.2. The summed E-state index contributed by atoms with van der Waals surface area (Å²) in [5, 5.41) is 12.1. The Balaban J connectivity index is 1.34. The normalized spacial score (nSPS) is 13.7. The fourth-order valence-corrected chi connectivity index (χ4v) is 4.64. The molecule has 0 saturated carbocycles. The Hall–Kier alpha value is -4.53. The highest BCUT2D eigenvalue weighted by Crippen LogP contribution is 2.29. The zero-order valence-corrected chi connectivity index (χ0v) is 19.3. The molecule has 0 aliphatic carbocycles. The average Bonchev–Trinajstić information content (AvgIpc) is 3.27. The van der Waals surface area contributed by atoms with Gasteiger partial charge in [-0.05, 0) is 29.8 Å². The molecule has 4 aromatic rings. The van der Waals surface area contributed by atoms with E-state index in [4.69, 9.17) is 0 Å². The number of amides is 1. The number of nitro groups is 1. The summed E-state index contributed by atoms with van der Waals surface area (Å²) in [5.41, 5.74) is 2.51. The van der Waals surface area contributed by atoms with Gasteiger partial charge in [-0.2, -0.15) is 0 Å². The molecule has 0 atom stereocenters. The van der Waals surface area contributed by atoms with E-state index < -0.39 is 16.6 Å². The number of nitrogens with zero attached hydrogens (tertiary/aromatic N) is 4. The topological polar surface area (TPSA) is 88.7 Å². The molecule has 1 aromatic heterocycles. The van der Waals surface area contributed by atoms with Crippen molar-refractivity contribution in [1.29, 1.82) is 0 Å². The first kappa shape index (κ1) is 23.2. The lowest BCUT2D eigenvalue weighted by Gasteiger charge is -2.35. The van der Waals surface area contributed by atoms with Crippen molar-refractivity contribution in [3.05, 3.63) is 106 Å². The minimum Gasteiger partial charge on any atom is -0.362 e. The second kappa shape index (κ2) is 9.61. The summed E-state index contributed by atoms with van der Waals surface area (Å²) in [6, 6.07) is 20.0. The maximum Gasteiger partial charge on any atom is 0.295 e. The number of rotatable bonds is 6. The van der Waals surface area contributed by atoms with Crippen LogP contribution in [-0.4, -0.2) is 52.3 Å². The number of benzene rings is 3. The van der Waals surface area contributed by atoms with Crippen molar-refractivity contribution >= 4 is 34.0 Å². The van der Waals surface area contributed by atoms with Crippen molar-refractivity contribution < 1.29 is 18.9 Å². The molecule has 5 rings (SSSR count). The third-order valence-corrected chi connectivity index (χ3v) is 6.48. The molecule has 0 N–H and O–H groups in total. The van der Waals surface area contributed by atoms with E-state index in [1.165, 1.54) is 23.1 Å². The molecule has 1 aliphatic rings. The number of para-hydroxylation sites is 3. The lowest BCUT2D eigenvalue weighted by Crippen LogP contribution is -2.50. The van der Waals surface area contributed by atoms with Gasteiger partial charge >= 0.3 is 0 Å². The number of anilines is 1. The number of piperazine rings is 1. The Labute approximate surface area is 206 Å². The first-order valence-electron chi connectivity index (χ1n) is 11.6. The second-order valence-electron chi connectivity index (χ2n) is 8.67. The van der Waals surface area contributed by atoms with E-state index >= 15 is 0 Å². The Morgan fingerprint density at radius 2 is 1.56 bits per heavy atom. The van der Waals surface area contributed by atoms with Gasteiger partial charge in [-0.3, -0.25) is 19.7 Å². The highest BCUT2D eigenvalue weighted by molar-refractivity contribution is 6.44. The summed E-state index contributed by atoms with van der Waals surface area (Å²) >= 11 is 0. The van der Waals surface area contributed by atoms with Crippen LogP contribution in [0.5, 0.6) is 0 Å². The van der Waals surface area contributed by atoms with Crippen LogP contribution in [0.3, 0.4) is 0 Å². The van der Waals surface area contributed by atoms with E-state index in [1.54, 1.807) is 36.5 Å². The van der Waals surface area contributed by atoms with Gasteiger partial charge in [0.25, 0.3) is 17.4 Å². The highest BCUT2D eigenvalue weighted by Gasteiger charge is 2.30. The van der Waals surface area contributed by atoms with E-state index in [2.05, 4.69) is 0 Å². The van der Waals surface area contributed by atoms with E-state index in [1.807, 2.05) is 33.7 Å². The van der Waals surface area contributed by atoms with Crippen LogP contribution in [0, 0.1) is 15.9 Å². The van der Waals surface area contributed by atoms with Crippen molar-refractivity contribution in [1.82, 2.24) is 9.47 Å². The lowest BCUT2D eigenvalue weighted by atomic mass is 10.1. The number of carbonyl (C=O) groups is 2.